The molecule has 0 radical (unpaired) electrons. The summed E-state index contributed by atoms with van der Waals surface area (Å²) in [6.45, 7) is 2.76. The van der Waals surface area contributed by atoms with E-state index in [-0.39, 0.29) is 17.4 Å². The Hall–Kier alpha value is -2.78. The second kappa shape index (κ2) is 8.16. The Morgan fingerprint density at radius 1 is 1.13 bits per heavy atom. The molecule has 1 fully saturated rings. The summed E-state index contributed by atoms with van der Waals surface area (Å²) in [7, 11) is -3.32. The number of halogens is 1. The highest BCUT2D eigenvalue weighted by molar-refractivity contribution is 7.89. The minimum Gasteiger partial charge on any atom is -0.353 e. The van der Waals surface area contributed by atoms with Crippen molar-refractivity contribution in [1.82, 2.24) is 14.5 Å². The SMILES string of the molecule is CCS(=O)(=O)NC1CCCN(c2nn(-c3ccc(F)cc3)c(=O)c3ccccc23)C1. The predicted molar refractivity (Wildman–Crippen MR) is 115 cm³/mol. The van der Waals surface area contributed by atoms with Crippen molar-refractivity contribution in [2.75, 3.05) is 23.7 Å². The Morgan fingerprint density at radius 2 is 1.83 bits per heavy atom. The molecule has 0 amide bonds. The Kier molecular flexibility index (Phi) is 5.57. The van der Waals surface area contributed by atoms with E-state index in [0.29, 0.717) is 35.4 Å². The summed E-state index contributed by atoms with van der Waals surface area (Å²) in [5.74, 6) is 0.241. The van der Waals surface area contributed by atoms with Crippen LogP contribution in [0.25, 0.3) is 16.5 Å². The number of nitrogens with one attached hydrogen (secondary N) is 1. The number of nitrogens with zero attached hydrogens (tertiary/aromatic N) is 3. The third kappa shape index (κ3) is 4.08. The fourth-order valence-corrected chi connectivity index (χ4v) is 4.63. The molecule has 9 heteroatoms. The lowest BCUT2D eigenvalue weighted by Crippen LogP contribution is -2.48. The Labute approximate surface area is 174 Å². The number of piperidine rings is 1. The Bertz CT molecular complexity index is 1230. The lowest BCUT2D eigenvalue weighted by atomic mass is 10.1. The van der Waals surface area contributed by atoms with Crippen molar-refractivity contribution >= 4 is 26.6 Å². The first-order valence-corrected chi connectivity index (χ1v) is 11.6. The first-order chi connectivity index (χ1) is 14.4. The van der Waals surface area contributed by atoms with Crippen molar-refractivity contribution in [3.63, 3.8) is 0 Å². The highest BCUT2D eigenvalue weighted by Gasteiger charge is 2.26. The largest absolute Gasteiger partial charge is 0.353 e. The Morgan fingerprint density at radius 3 is 2.53 bits per heavy atom. The number of benzene rings is 2. The van der Waals surface area contributed by atoms with E-state index in [1.807, 2.05) is 17.0 Å². The van der Waals surface area contributed by atoms with E-state index in [1.165, 1.54) is 28.9 Å². The van der Waals surface area contributed by atoms with Gasteiger partial charge in [0.2, 0.25) is 10.0 Å². The molecule has 30 heavy (non-hydrogen) atoms. The molecule has 1 N–H and O–H groups in total. The van der Waals surface area contributed by atoms with Crippen molar-refractivity contribution in [2.24, 2.45) is 0 Å². The van der Waals surface area contributed by atoms with E-state index in [4.69, 9.17) is 0 Å². The van der Waals surface area contributed by atoms with Gasteiger partial charge in [-0.3, -0.25) is 4.79 Å². The lowest BCUT2D eigenvalue weighted by Gasteiger charge is -2.34. The molecule has 3 aromatic rings. The molecule has 2 heterocycles. The fourth-order valence-electron chi connectivity index (χ4n) is 3.77. The van der Waals surface area contributed by atoms with E-state index >= 15 is 0 Å². The molecule has 0 bridgehead atoms. The van der Waals surface area contributed by atoms with E-state index in [0.717, 1.165) is 12.8 Å². The van der Waals surface area contributed by atoms with Gasteiger partial charge in [-0.1, -0.05) is 18.2 Å². The summed E-state index contributed by atoms with van der Waals surface area (Å²) < 4.78 is 41.4. The first-order valence-electron chi connectivity index (χ1n) is 9.91. The van der Waals surface area contributed by atoms with Gasteiger partial charge < -0.3 is 4.90 Å². The van der Waals surface area contributed by atoms with Crippen LogP contribution in [0, 0.1) is 5.82 Å². The van der Waals surface area contributed by atoms with Crippen molar-refractivity contribution < 1.29 is 12.8 Å². The second-order valence-electron chi connectivity index (χ2n) is 7.37. The van der Waals surface area contributed by atoms with E-state index < -0.39 is 15.8 Å². The van der Waals surface area contributed by atoms with Crippen molar-refractivity contribution in [1.29, 1.82) is 0 Å². The van der Waals surface area contributed by atoms with Crippen molar-refractivity contribution in [2.45, 2.75) is 25.8 Å². The van der Waals surface area contributed by atoms with Gasteiger partial charge in [0.15, 0.2) is 5.82 Å². The molecule has 158 valence electrons. The van der Waals surface area contributed by atoms with Crippen LogP contribution in [0.5, 0.6) is 0 Å². The third-order valence-corrected chi connectivity index (χ3v) is 6.76. The van der Waals surface area contributed by atoms with Gasteiger partial charge in [0.25, 0.3) is 5.56 Å². The summed E-state index contributed by atoms with van der Waals surface area (Å²) in [6.07, 6.45) is 1.54. The van der Waals surface area contributed by atoms with Crippen LogP contribution in [-0.2, 0) is 10.0 Å². The van der Waals surface area contributed by atoms with Gasteiger partial charge in [-0.05, 0) is 50.1 Å². The van der Waals surface area contributed by atoms with Crippen molar-refractivity contribution in [3.8, 4) is 5.69 Å². The molecule has 1 aromatic heterocycles. The number of hydrogen-bond donors (Lipinski definition) is 1. The molecule has 0 spiro atoms. The van der Waals surface area contributed by atoms with Crippen LogP contribution >= 0.6 is 0 Å². The van der Waals surface area contributed by atoms with Crippen LogP contribution < -0.4 is 15.2 Å². The third-order valence-electron chi connectivity index (χ3n) is 5.30. The molecule has 7 nitrogen and oxygen atoms in total. The van der Waals surface area contributed by atoms with Crippen LogP contribution in [0.4, 0.5) is 10.2 Å². The summed E-state index contributed by atoms with van der Waals surface area (Å²) in [5.41, 5.74) is 0.176. The molecular formula is C21H23FN4O3S. The monoisotopic (exact) mass is 430 g/mol. The smallest absolute Gasteiger partial charge is 0.279 e. The average Bonchev–Trinajstić information content (AvgIpc) is 2.75. The normalized spacial score (nSPS) is 17.4. The zero-order valence-corrected chi connectivity index (χ0v) is 17.4. The summed E-state index contributed by atoms with van der Waals surface area (Å²) in [6, 6.07) is 12.6. The second-order valence-corrected chi connectivity index (χ2v) is 9.41. The average molecular weight is 431 g/mol. The number of anilines is 1. The van der Waals surface area contributed by atoms with Gasteiger partial charge in [0.1, 0.15) is 5.82 Å². The molecule has 0 saturated carbocycles. The van der Waals surface area contributed by atoms with E-state index in [1.54, 1.807) is 19.1 Å². The summed E-state index contributed by atoms with van der Waals surface area (Å²) >= 11 is 0. The zero-order valence-electron chi connectivity index (χ0n) is 16.6. The van der Waals surface area contributed by atoms with Gasteiger partial charge in [-0.15, -0.1) is 5.10 Å². The standard InChI is InChI=1S/C21H23FN4O3S/c1-2-30(28,29)24-16-6-5-13-25(14-16)20-18-7-3-4-8-19(18)21(27)26(23-20)17-11-9-15(22)10-12-17/h3-4,7-12,16,24H,2,5-6,13-14H2,1H3. The lowest BCUT2D eigenvalue weighted by molar-refractivity contribution is 0.463. The fraction of sp³-hybridized carbons (Fsp3) is 0.333. The van der Waals surface area contributed by atoms with Crippen LogP contribution in [0.1, 0.15) is 19.8 Å². The van der Waals surface area contributed by atoms with Crippen LogP contribution in [-0.4, -0.2) is 43.1 Å². The Balaban J connectivity index is 1.79. The maximum atomic E-state index is 13.4. The van der Waals surface area contributed by atoms with Crippen LogP contribution in [0.2, 0.25) is 0 Å². The van der Waals surface area contributed by atoms with E-state index in [9.17, 15) is 17.6 Å². The molecule has 1 aliphatic heterocycles. The molecule has 4 rings (SSSR count). The van der Waals surface area contributed by atoms with Crippen molar-refractivity contribution in [3.05, 3.63) is 64.7 Å². The highest BCUT2D eigenvalue weighted by atomic mass is 32.2. The molecule has 2 aromatic carbocycles. The van der Waals surface area contributed by atoms with Crippen LogP contribution in [0.3, 0.4) is 0 Å². The number of aromatic nitrogens is 2. The molecule has 1 aliphatic rings. The van der Waals surface area contributed by atoms with Crippen LogP contribution in [0.15, 0.2) is 53.3 Å². The van der Waals surface area contributed by atoms with E-state index in [2.05, 4.69) is 9.82 Å². The van der Waals surface area contributed by atoms with Gasteiger partial charge in [0, 0.05) is 24.5 Å². The van der Waals surface area contributed by atoms with Gasteiger partial charge in [-0.25, -0.2) is 17.5 Å². The van der Waals surface area contributed by atoms with Gasteiger partial charge >= 0.3 is 0 Å². The quantitative estimate of drug-likeness (QED) is 0.672. The summed E-state index contributed by atoms with van der Waals surface area (Å²) in [4.78, 5) is 15.0. The summed E-state index contributed by atoms with van der Waals surface area (Å²) in [5, 5.41) is 5.82. The molecule has 1 unspecified atom stereocenters. The highest BCUT2D eigenvalue weighted by Crippen LogP contribution is 2.26. The van der Waals surface area contributed by atoms with Gasteiger partial charge in [0.05, 0.1) is 16.8 Å². The maximum Gasteiger partial charge on any atom is 0.279 e. The molecule has 0 aliphatic carbocycles. The minimum absolute atomic E-state index is 0.0279. The molecule has 1 atom stereocenters. The first kappa shape index (κ1) is 20.5. The number of sulfonamides is 1. The topological polar surface area (TPSA) is 84.3 Å². The maximum absolute atomic E-state index is 13.4. The van der Waals surface area contributed by atoms with Gasteiger partial charge in [-0.2, -0.15) is 4.68 Å². The minimum atomic E-state index is -3.32. The predicted octanol–water partition coefficient (Wildman–Crippen LogP) is 2.43. The number of hydrogen-bond acceptors (Lipinski definition) is 5. The molecular weight excluding hydrogens is 407 g/mol. The zero-order chi connectivity index (χ0) is 21.3. The number of fused-ring (bicyclic) bond motifs is 1. The molecule has 1 saturated heterocycles. The number of rotatable bonds is 5.